The van der Waals surface area contributed by atoms with Crippen LogP contribution in [0.4, 0.5) is 5.82 Å². The van der Waals surface area contributed by atoms with Gasteiger partial charge in [0.05, 0.1) is 13.0 Å². The number of amides is 1. The molecule has 6 heteroatoms. The summed E-state index contributed by atoms with van der Waals surface area (Å²) in [5.41, 5.74) is 0.113. The summed E-state index contributed by atoms with van der Waals surface area (Å²) in [6.07, 6.45) is 1.51. The number of hydrogen-bond donors (Lipinski definition) is 0. The van der Waals surface area contributed by atoms with Crippen LogP contribution >= 0.6 is 0 Å². The highest BCUT2D eigenvalue weighted by Crippen LogP contribution is 2.17. The number of carbonyl (C=O) groups excluding carboxylic acids is 2. The molecule has 1 aliphatic rings. The van der Waals surface area contributed by atoms with E-state index in [0.717, 1.165) is 5.01 Å². The second-order valence-corrected chi connectivity index (χ2v) is 3.34. The minimum absolute atomic E-state index is 0.0462. The zero-order valence-electron chi connectivity index (χ0n) is 9.29. The van der Waals surface area contributed by atoms with Gasteiger partial charge in [-0.1, -0.05) is 6.07 Å². The zero-order chi connectivity index (χ0) is 12.3. The van der Waals surface area contributed by atoms with Crippen molar-refractivity contribution in [1.82, 2.24) is 4.98 Å². The first-order chi connectivity index (χ1) is 8.22. The van der Waals surface area contributed by atoms with Crippen molar-refractivity contribution in [2.75, 3.05) is 11.6 Å². The van der Waals surface area contributed by atoms with Crippen molar-refractivity contribution in [2.45, 2.75) is 13.3 Å². The number of aromatic nitrogens is 1. The molecule has 1 aliphatic heterocycles. The fourth-order valence-electron chi connectivity index (χ4n) is 1.42. The molecule has 0 saturated carbocycles. The van der Waals surface area contributed by atoms with Gasteiger partial charge in [0.15, 0.2) is 11.5 Å². The summed E-state index contributed by atoms with van der Waals surface area (Å²) in [5, 5.41) is 5.04. The van der Waals surface area contributed by atoms with Gasteiger partial charge in [-0.05, 0) is 19.1 Å². The number of rotatable bonds is 3. The third-order valence-corrected chi connectivity index (χ3v) is 2.15. The Balaban J connectivity index is 2.20. The summed E-state index contributed by atoms with van der Waals surface area (Å²) in [6.45, 7) is 1.96. The Hall–Kier alpha value is -2.24. The zero-order valence-corrected chi connectivity index (χ0v) is 9.29. The number of anilines is 1. The lowest BCUT2D eigenvalue weighted by Gasteiger charge is -2.08. The van der Waals surface area contributed by atoms with Crippen molar-refractivity contribution in [3.05, 3.63) is 24.4 Å². The summed E-state index contributed by atoms with van der Waals surface area (Å²) in [4.78, 5) is 27.1. The summed E-state index contributed by atoms with van der Waals surface area (Å²) in [5.74, 6) is -0.442. The Kier molecular flexibility index (Phi) is 3.13. The first kappa shape index (κ1) is 11.3. The van der Waals surface area contributed by atoms with E-state index < -0.39 is 5.97 Å². The Labute approximate surface area is 97.9 Å². The van der Waals surface area contributed by atoms with Crippen LogP contribution in [0.3, 0.4) is 0 Å². The van der Waals surface area contributed by atoms with E-state index >= 15 is 0 Å². The van der Waals surface area contributed by atoms with Gasteiger partial charge in [-0.3, -0.25) is 4.79 Å². The minimum atomic E-state index is -0.556. The quantitative estimate of drug-likeness (QED) is 0.722. The lowest BCUT2D eigenvalue weighted by molar-refractivity contribution is -0.135. The normalized spacial score (nSPS) is 14.8. The van der Waals surface area contributed by atoms with Gasteiger partial charge in [-0.2, -0.15) is 10.1 Å². The Morgan fingerprint density at radius 2 is 2.35 bits per heavy atom. The number of nitrogens with zero attached hydrogens (tertiary/aromatic N) is 3. The van der Waals surface area contributed by atoms with Gasteiger partial charge in [-0.25, -0.2) is 9.78 Å². The molecule has 0 saturated heterocycles. The third-order valence-electron chi connectivity index (χ3n) is 2.15. The standard InChI is InChI=1S/C11H11N3O3/c1-2-17-11(16)8-7-10(15)14(13-8)9-5-3-4-6-12-9/h3-6H,2,7H2,1H3. The van der Waals surface area contributed by atoms with Crippen LogP contribution in [-0.2, 0) is 14.3 Å². The predicted molar refractivity (Wildman–Crippen MR) is 60.4 cm³/mol. The fraction of sp³-hybridized carbons (Fsp3) is 0.273. The van der Waals surface area contributed by atoms with Crippen LogP contribution in [0.2, 0.25) is 0 Å². The van der Waals surface area contributed by atoms with Crippen LogP contribution in [0, 0.1) is 0 Å². The van der Waals surface area contributed by atoms with Gasteiger partial charge in [0, 0.05) is 6.20 Å². The van der Waals surface area contributed by atoms with Crippen LogP contribution < -0.4 is 5.01 Å². The summed E-state index contributed by atoms with van der Waals surface area (Å²) in [7, 11) is 0. The lowest BCUT2D eigenvalue weighted by atomic mass is 10.3. The molecule has 2 heterocycles. The van der Waals surface area contributed by atoms with Gasteiger partial charge in [0.25, 0.3) is 5.91 Å². The molecule has 0 unspecified atom stereocenters. The molecule has 2 rings (SSSR count). The van der Waals surface area contributed by atoms with E-state index in [1.807, 2.05) is 0 Å². The van der Waals surface area contributed by atoms with Gasteiger partial charge >= 0.3 is 5.97 Å². The molecule has 1 aromatic rings. The molecular formula is C11H11N3O3. The summed E-state index contributed by atoms with van der Waals surface area (Å²) < 4.78 is 4.79. The molecule has 0 N–H and O–H groups in total. The SMILES string of the molecule is CCOC(=O)C1=NN(c2ccccn2)C(=O)C1. The maximum atomic E-state index is 11.7. The number of ether oxygens (including phenoxy) is 1. The minimum Gasteiger partial charge on any atom is -0.461 e. The van der Waals surface area contributed by atoms with Crippen molar-refractivity contribution >= 4 is 23.4 Å². The first-order valence-electron chi connectivity index (χ1n) is 5.21. The lowest BCUT2D eigenvalue weighted by Crippen LogP contribution is -2.20. The number of hydrogen-bond acceptors (Lipinski definition) is 5. The smallest absolute Gasteiger partial charge is 0.355 e. The molecule has 1 aromatic heterocycles. The molecule has 0 spiro atoms. The van der Waals surface area contributed by atoms with Crippen LogP contribution in [0.1, 0.15) is 13.3 Å². The second-order valence-electron chi connectivity index (χ2n) is 3.34. The number of pyridine rings is 1. The Morgan fingerprint density at radius 1 is 1.53 bits per heavy atom. The molecule has 88 valence electrons. The molecule has 0 aliphatic carbocycles. The molecule has 0 aromatic carbocycles. The van der Waals surface area contributed by atoms with E-state index in [1.54, 1.807) is 31.3 Å². The van der Waals surface area contributed by atoms with Crippen LogP contribution in [0.15, 0.2) is 29.5 Å². The monoisotopic (exact) mass is 233 g/mol. The fourth-order valence-corrected chi connectivity index (χ4v) is 1.42. The van der Waals surface area contributed by atoms with Crippen molar-refractivity contribution in [1.29, 1.82) is 0 Å². The molecule has 0 atom stereocenters. The third kappa shape index (κ3) is 2.30. The summed E-state index contributed by atoms with van der Waals surface area (Å²) in [6, 6.07) is 5.13. The summed E-state index contributed by atoms with van der Waals surface area (Å²) >= 11 is 0. The topological polar surface area (TPSA) is 71.9 Å². The van der Waals surface area contributed by atoms with Crippen molar-refractivity contribution < 1.29 is 14.3 Å². The van der Waals surface area contributed by atoms with E-state index in [2.05, 4.69) is 10.1 Å². The predicted octanol–water partition coefficient (Wildman–Crippen LogP) is 0.737. The van der Waals surface area contributed by atoms with Gasteiger partial charge in [0.2, 0.25) is 0 Å². The largest absolute Gasteiger partial charge is 0.461 e. The molecule has 1 amide bonds. The van der Waals surface area contributed by atoms with Crippen molar-refractivity contribution in [3.8, 4) is 0 Å². The number of hydrazone groups is 1. The van der Waals surface area contributed by atoms with E-state index in [4.69, 9.17) is 4.74 Å². The Morgan fingerprint density at radius 3 is 3.00 bits per heavy atom. The number of carbonyl (C=O) groups is 2. The van der Waals surface area contributed by atoms with Gasteiger partial charge < -0.3 is 4.74 Å². The Bertz CT molecular complexity index is 470. The molecule has 0 radical (unpaired) electrons. The van der Waals surface area contributed by atoms with Crippen LogP contribution in [-0.4, -0.2) is 29.2 Å². The number of esters is 1. The van der Waals surface area contributed by atoms with Crippen molar-refractivity contribution in [3.63, 3.8) is 0 Å². The first-order valence-corrected chi connectivity index (χ1v) is 5.21. The van der Waals surface area contributed by atoms with Crippen LogP contribution in [0.25, 0.3) is 0 Å². The average molecular weight is 233 g/mol. The molecule has 0 fully saturated rings. The van der Waals surface area contributed by atoms with Crippen molar-refractivity contribution in [2.24, 2.45) is 5.10 Å². The highest BCUT2D eigenvalue weighted by molar-refractivity contribution is 6.42. The average Bonchev–Trinajstić information content (AvgIpc) is 2.73. The molecule has 6 nitrogen and oxygen atoms in total. The molecule has 17 heavy (non-hydrogen) atoms. The maximum absolute atomic E-state index is 11.7. The molecule has 0 bridgehead atoms. The second kappa shape index (κ2) is 4.73. The van der Waals surface area contributed by atoms with E-state index in [9.17, 15) is 9.59 Å². The van der Waals surface area contributed by atoms with E-state index in [-0.39, 0.29) is 24.6 Å². The van der Waals surface area contributed by atoms with E-state index in [1.165, 1.54) is 0 Å². The highest BCUT2D eigenvalue weighted by Gasteiger charge is 2.30. The van der Waals surface area contributed by atoms with Crippen LogP contribution in [0.5, 0.6) is 0 Å². The maximum Gasteiger partial charge on any atom is 0.355 e. The van der Waals surface area contributed by atoms with E-state index in [0.29, 0.717) is 5.82 Å². The highest BCUT2D eigenvalue weighted by atomic mass is 16.5. The van der Waals surface area contributed by atoms with Gasteiger partial charge in [0.1, 0.15) is 0 Å². The molecular weight excluding hydrogens is 222 g/mol. The van der Waals surface area contributed by atoms with Gasteiger partial charge in [-0.15, -0.1) is 0 Å².